The third-order valence-corrected chi connectivity index (χ3v) is 3.91. The Morgan fingerprint density at radius 1 is 1.35 bits per heavy atom. The van der Waals surface area contributed by atoms with Gasteiger partial charge < -0.3 is 15.3 Å². The van der Waals surface area contributed by atoms with E-state index in [4.69, 9.17) is 5.11 Å². The second kappa shape index (κ2) is 6.07. The van der Waals surface area contributed by atoms with E-state index in [-0.39, 0.29) is 11.8 Å². The largest absolute Gasteiger partial charge is 0.480 e. The highest BCUT2D eigenvalue weighted by Crippen LogP contribution is 2.35. The average molecular weight is 280 g/mol. The van der Waals surface area contributed by atoms with E-state index in [9.17, 15) is 14.4 Å². The van der Waals surface area contributed by atoms with E-state index in [1.807, 2.05) is 0 Å². The maximum Gasteiger partial charge on any atom is 0.322 e. The number of hydrogen-bond acceptors (Lipinski definition) is 3. The molecule has 0 bridgehead atoms. The van der Waals surface area contributed by atoms with Gasteiger partial charge in [0.25, 0.3) is 0 Å². The monoisotopic (exact) mass is 280 g/mol. The molecule has 1 heterocycles. The molecule has 2 N–H and O–H groups in total. The maximum atomic E-state index is 12.2. The summed E-state index contributed by atoms with van der Waals surface area (Å²) in [6.45, 7) is 4.03. The van der Waals surface area contributed by atoms with E-state index in [0.717, 1.165) is 19.3 Å². The van der Waals surface area contributed by atoms with Gasteiger partial charge in [0, 0.05) is 13.0 Å². The number of carbonyl (C=O) groups is 3. The zero-order chi connectivity index (χ0) is 14.7. The molecular formula is C14H20N2O4. The van der Waals surface area contributed by atoms with Crippen LogP contribution in [0.25, 0.3) is 0 Å². The first kappa shape index (κ1) is 14.6. The van der Waals surface area contributed by atoms with Crippen molar-refractivity contribution in [3.8, 4) is 0 Å². The number of nitrogens with zero attached hydrogens (tertiary/aromatic N) is 1. The fraction of sp³-hybridized carbons (Fsp3) is 0.643. The highest BCUT2D eigenvalue weighted by Gasteiger charge is 2.35. The second-order valence-corrected chi connectivity index (χ2v) is 5.59. The summed E-state index contributed by atoms with van der Waals surface area (Å²) in [6.07, 6.45) is 3.65. The first-order valence-corrected chi connectivity index (χ1v) is 6.93. The van der Waals surface area contributed by atoms with Gasteiger partial charge in [-0.2, -0.15) is 0 Å². The van der Waals surface area contributed by atoms with Crippen LogP contribution in [0.5, 0.6) is 0 Å². The number of allylic oxidation sites excluding steroid dienone is 1. The van der Waals surface area contributed by atoms with Crippen molar-refractivity contribution >= 4 is 17.8 Å². The van der Waals surface area contributed by atoms with Crippen LogP contribution in [0.3, 0.4) is 0 Å². The van der Waals surface area contributed by atoms with Crippen LogP contribution in [-0.2, 0) is 14.4 Å². The normalized spacial score (nSPS) is 22.5. The van der Waals surface area contributed by atoms with Crippen LogP contribution in [-0.4, -0.2) is 46.9 Å². The highest BCUT2D eigenvalue weighted by atomic mass is 16.4. The summed E-state index contributed by atoms with van der Waals surface area (Å²) in [5.41, 5.74) is 1.18. The van der Waals surface area contributed by atoms with Crippen LogP contribution >= 0.6 is 0 Å². The molecule has 1 saturated carbocycles. The van der Waals surface area contributed by atoms with Crippen molar-refractivity contribution in [1.82, 2.24) is 10.2 Å². The molecule has 1 aliphatic heterocycles. The van der Waals surface area contributed by atoms with Gasteiger partial charge >= 0.3 is 5.97 Å². The lowest BCUT2D eigenvalue weighted by atomic mass is 9.79. The molecule has 6 nitrogen and oxygen atoms in total. The third kappa shape index (κ3) is 3.37. The summed E-state index contributed by atoms with van der Waals surface area (Å²) >= 11 is 0. The Balaban J connectivity index is 1.86. The fourth-order valence-corrected chi connectivity index (χ4v) is 2.88. The summed E-state index contributed by atoms with van der Waals surface area (Å²) < 4.78 is 0. The second-order valence-electron chi connectivity index (χ2n) is 5.59. The molecule has 20 heavy (non-hydrogen) atoms. The van der Waals surface area contributed by atoms with Crippen LogP contribution in [0.4, 0.5) is 0 Å². The summed E-state index contributed by atoms with van der Waals surface area (Å²) in [5.74, 6) is -1.09. The number of rotatable bonds is 5. The minimum absolute atomic E-state index is 0.00419. The van der Waals surface area contributed by atoms with Gasteiger partial charge in [0.2, 0.25) is 11.8 Å². The van der Waals surface area contributed by atoms with Crippen molar-refractivity contribution in [2.75, 3.05) is 13.1 Å². The molecule has 2 amide bonds. The summed E-state index contributed by atoms with van der Waals surface area (Å²) in [7, 11) is 0. The molecule has 1 aliphatic carbocycles. The Labute approximate surface area is 117 Å². The van der Waals surface area contributed by atoms with Crippen molar-refractivity contribution in [1.29, 1.82) is 0 Å². The van der Waals surface area contributed by atoms with Crippen LogP contribution in [0.15, 0.2) is 12.2 Å². The minimum atomic E-state index is -1.08. The van der Waals surface area contributed by atoms with Gasteiger partial charge in [-0.15, -0.1) is 0 Å². The van der Waals surface area contributed by atoms with E-state index in [2.05, 4.69) is 11.9 Å². The van der Waals surface area contributed by atoms with E-state index >= 15 is 0 Å². The molecule has 0 aromatic heterocycles. The van der Waals surface area contributed by atoms with Gasteiger partial charge in [0.1, 0.15) is 12.6 Å². The maximum absolute atomic E-state index is 12.2. The smallest absolute Gasteiger partial charge is 0.322 e. The standard InChI is InChI=1S/C14H20N2O4/c1-9-5-10(6-9)7-12(17)16-4-2-3-11(16)14(20)15-8-13(18)19/h10-11H,1-8H2,(H,15,20)(H,18,19). The molecule has 2 rings (SSSR count). The molecule has 2 fully saturated rings. The van der Waals surface area contributed by atoms with Gasteiger partial charge in [-0.3, -0.25) is 14.4 Å². The van der Waals surface area contributed by atoms with E-state index in [1.54, 1.807) is 4.90 Å². The van der Waals surface area contributed by atoms with Crippen LogP contribution < -0.4 is 5.32 Å². The van der Waals surface area contributed by atoms with Crippen LogP contribution in [0.2, 0.25) is 0 Å². The first-order valence-electron chi connectivity index (χ1n) is 6.93. The predicted molar refractivity (Wildman–Crippen MR) is 71.9 cm³/mol. The minimum Gasteiger partial charge on any atom is -0.480 e. The van der Waals surface area contributed by atoms with Gasteiger partial charge in [-0.25, -0.2) is 0 Å². The Bertz CT molecular complexity index is 438. The topological polar surface area (TPSA) is 86.7 Å². The molecule has 0 aromatic rings. The highest BCUT2D eigenvalue weighted by molar-refractivity contribution is 5.90. The molecule has 0 spiro atoms. The fourth-order valence-electron chi connectivity index (χ4n) is 2.88. The van der Waals surface area contributed by atoms with Crippen molar-refractivity contribution < 1.29 is 19.5 Å². The summed E-state index contributed by atoms with van der Waals surface area (Å²) in [4.78, 5) is 36.2. The number of carboxylic acids is 1. The summed E-state index contributed by atoms with van der Waals surface area (Å²) in [5, 5.41) is 10.9. The Morgan fingerprint density at radius 2 is 2.05 bits per heavy atom. The van der Waals surface area contributed by atoms with E-state index < -0.39 is 18.6 Å². The Kier molecular flexibility index (Phi) is 4.42. The average Bonchev–Trinajstić information content (AvgIpc) is 2.83. The molecular weight excluding hydrogens is 260 g/mol. The lowest BCUT2D eigenvalue weighted by Crippen LogP contribution is -2.47. The summed E-state index contributed by atoms with van der Waals surface area (Å²) in [6, 6.07) is -0.509. The number of amides is 2. The van der Waals surface area contributed by atoms with Gasteiger partial charge in [-0.05, 0) is 31.6 Å². The van der Waals surface area contributed by atoms with Crippen molar-refractivity contribution in [3.63, 3.8) is 0 Å². The number of likely N-dealkylation sites (tertiary alicyclic amines) is 1. The molecule has 2 aliphatic rings. The molecule has 110 valence electrons. The molecule has 1 unspecified atom stereocenters. The number of carboxylic acid groups (broad SMARTS) is 1. The lowest BCUT2D eigenvalue weighted by molar-refractivity contribution is -0.141. The molecule has 0 aromatic carbocycles. The predicted octanol–water partition coefficient (Wildman–Crippen LogP) is 0.535. The third-order valence-electron chi connectivity index (χ3n) is 3.91. The molecule has 1 saturated heterocycles. The number of aliphatic carboxylic acids is 1. The number of carbonyl (C=O) groups excluding carboxylic acids is 2. The molecule has 0 radical (unpaired) electrons. The quantitative estimate of drug-likeness (QED) is 0.719. The van der Waals surface area contributed by atoms with Crippen LogP contribution in [0, 0.1) is 5.92 Å². The van der Waals surface area contributed by atoms with Gasteiger partial charge in [0.05, 0.1) is 0 Å². The zero-order valence-electron chi connectivity index (χ0n) is 11.4. The van der Waals surface area contributed by atoms with Crippen molar-refractivity contribution in [2.45, 2.75) is 38.1 Å². The van der Waals surface area contributed by atoms with Crippen molar-refractivity contribution in [2.24, 2.45) is 5.92 Å². The molecule has 1 atom stereocenters. The SMILES string of the molecule is C=C1CC(CC(=O)N2CCCC2C(=O)NCC(=O)O)C1. The first-order chi connectivity index (χ1) is 9.47. The lowest BCUT2D eigenvalue weighted by Gasteiger charge is -2.31. The van der Waals surface area contributed by atoms with Gasteiger partial charge in [-0.1, -0.05) is 12.2 Å². The van der Waals surface area contributed by atoms with Crippen molar-refractivity contribution in [3.05, 3.63) is 12.2 Å². The number of hydrogen-bond donors (Lipinski definition) is 2. The van der Waals surface area contributed by atoms with Gasteiger partial charge in [0.15, 0.2) is 0 Å². The zero-order valence-corrected chi connectivity index (χ0v) is 11.4. The van der Waals surface area contributed by atoms with E-state index in [0.29, 0.717) is 25.3 Å². The van der Waals surface area contributed by atoms with Crippen LogP contribution in [0.1, 0.15) is 32.1 Å². The molecule has 6 heteroatoms. The van der Waals surface area contributed by atoms with E-state index in [1.165, 1.54) is 5.57 Å². The number of nitrogens with one attached hydrogen (secondary N) is 1. The Hall–Kier alpha value is -1.85. The Morgan fingerprint density at radius 3 is 2.65 bits per heavy atom.